The molecule has 6 heteroatoms. The Balaban J connectivity index is 1.31. The summed E-state index contributed by atoms with van der Waals surface area (Å²) in [7, 11) is 0. The zero-order chi connectivity index (χ0) is 27.4. The predicted octanol–water partition coefficient (Wildman–Crippen LogP) is 5.51. The molecule has 0 radical (unpaired) electrons. The van der Waals surface area contributed by atoms with Crippen LogP contribution in [0.2, 0.25) is 0 Å². The molecule has 5 rings (SSSR count). The van der Waals surface area contributed by atoms with Gasteiger partial charge in [-0.3, -0.25) is 9.80 Å². The fourth-order valence-electron chi connectivity index (χ4n) is 5.45. The molecule has 0 aliphatic carbocycles. The first-order valence-corrected chi connectivity index (χ1v) is 14.8. The van der Waals surface area contributed by atoms with Gasteiger partial charge in [0.2, 0.25) is 0 Å². The number of morpholine rings is 2. The Kier molecular flexibility index (Phi) is 10.6. The van der Waals surface area contributed by atoms with Gasteiger partial charge in [-0.25, -0.2) is 0 Å². The molecule has 3 aromatic rings. The van der Waals surface area contributed by atoms with Gasteiger partial charge in [-0.15, -0.1) is 0 Å². The standard InChI is InChI=1S/C34H43N3O3/c1-2-33(28-6-4-3-5-7-28)34(29-8-12-31(13-9-29)35-16-17-36-18-23-38-24-19-36)30-10-14-32(15-11-30)40-27-22-37-20-25-39-26-21-37/h3-15,35H,2,16-27H2,1H3/b34-33+. The van der Waals surface area contributed by atoms with Crippen LogP contribution in [0, 0.1) is 0 Å². The number of ether oxygens (including phenoxy) is 3. The second kappa shape index (κ2) is 15.0. The maximum atomic E-state index is 6.10. The van der Waals surface area contributed by atoms with Crippen LogP contribution in [0.5, 0.6) is 5.75 Å². The number of hydrogen-bond acceptors (Lipinski definition) is 6. The Morgan fingerprint density at radius 2 is 1.27 bits per heavy atom. The van der Waals surface area contributed by atoms with Crippen LogP contribution in [0.15, 0.2) is 78.9 Å². The number of nitrogens with one attached hydrogen (secondary N) is 1. The molecule has 212 valence electrons. The number of allylic oxidation sites excluding steroid dienone is 1. The molecule has 0 aromatic heterocycles. The average Bonchev–Trinajstić information content (AvgIpc) is 3.02. The van der Waals surface area contributed by atoms with Gasteiger partial charge in [0.15, 0.2) is 0 Å². The van der Waals surface area contributed by atoms with Crippen molar-refractivity contribution in [3.8, 4) is 5.75 Å². The first-order valence-electron chi connectivity index (χ1n) is 14.8. The van der Waals surface area contributed by atoms with E-state index in [2.05, 4.69) is 101 Å². The van der Waals surface area contributed by atoms with E-state index in [4.69, 9.17) is 14.2 Å². The van der Waals surface area contributed by atoms with Gasteiger partial charge < -0.3 is 19.5 Å². The van der Waals surface area contributed by atoms with E-state index in [1.807, 2.05) is 0 Å². The molecular formula is C34H43N3O3. The summed E-state index contributed by atoms with van der Waals surface area (Å²) in [5.74, 6) is 0.911. The van der Waals surface area contributed by atoms with Crippen molar-refractivity contribution in [3.05, 3.63) is 95.6 Å². The van der Waals surface area contributed by atoms with Crippen molar-refractivity contribution in [2.45, 2.75) is 13.3 Å². The normalized spacial score (nSPS) is 17.3. The Labute approximate surface area is 239 Å². The highest BCUT2D eigenvalue weighted by molar-refractivity contribution is 5.98. The van der Waals surface area contributed by atoms with Crippen LogP contribution >= 0.6 is 0 Å². The minimum atomic E-state index is 0.687. The Morgan fingerprint density at radius 1 is 0.700 bits per heavy atom. The van der Waals surface area contributed by atoms with E-state index in [-0.39, 0.29) is 0 Å². The number of nitrogens with zero attached hydrogens (tertiary/aromatic N) is 2. The van der Waals surface area contributed by atoms with Crippen molar-refractivity contribution in [2.24, 2.45) is 0 Å². The summed E-state index contributed by atoms with van der Waals surface area (Å²) >= 11 is 0. The first kappa shape index (κ1) is 28.4. The maximum Gasteiger partial charge on any atom is 0.119 e. The lowest BCUT2D eigenvalue weighted by atomic mass is 9.88. The van der Waals surface area contributed by atoms with Crippen molar-refractivity contribution in [1.29, 1.82) is 0 Å². The van der Waals surface area contributed by atoms with E-state index in [0.29, 0.717) is 6.61 Å². The van der Waals surface area contributed by atoms with Gasteiger partial charge in [0.05, 0.1) is 26.4 Å². The Hall–Kier alpha value is -3.16. The third kappa shape index (κ3) is 7.95. The van der Waals surface area contributed by atoms with Crippen molar-refractivity contribution in [3.63, 3.8) is 0 Å². The van der Waals surface area contributed by atoms with Gasteiger partial charge >= 0.3 is 0 Å². The molecule has 0 bridgehead atoms. The number of benzene rings is 3. The summed E-state index contributed by atoms with van der Waals surface area (Å²) < 4.78 is 17.0. The van der Waals surface area contributed by atoms with Gasteiger partial charge in [-0.05, 0) is 58.5 Å². The van der Waals surface area contributed by atoms with Crippen LogP contribution in [0.3, 0.4) is 0 Å². The average molecular weight is 542 g/mol. The van der Waals surface area contributed by atoms with Crippen LogP contribution in [-0.4, -0.2) is 88.6 Å². The molecule has 3 aromatic carbocycles. The highest BCUT2D eigenvalue weighted by Crippen LogP contribution is 2.35. The second-order valence-corrected chi connectivity index (χ2v) is 10.4. The molecule has 40 heavy (non-hydrogen) atoms. The van der Waals surface area contributed by atoms with Crippen LogP contribution in [0.25, 0.3) is 11.1 Å². The smallest absolute Gasteiger partial charge is 0.119 e. The highest BCUT2D eigenvalue weighted by atomic mass is 16.5. The summed E-state index contributed by atoms with van der Waals surface area (Å²) in [6.45, 7) is 13.1. The molecule has 2 aliphatic rings. The lowest BCUT2D eigenvalue weighted by molar-refractivity contribution is 0.0322. The topological polar surface area (TPSA) is 46.2 Å². The molecule has 0 unspecified atom stereocenters. The molecule has 2 saturated heterocycles. The lowest BCUT2D eigenvalue weighted by Gasteiger charge is -2.26. The summed E-state index contributed by atoms with van der Waals surface area (Å²) in [6.07, 6.45) is 0.941. The zero-order valence-electron chi connectivity index (χ0n) is 23.8. The number of rotatable bonds is 12. The highest BCUT2D eigenvalue weighted by Gasteiger charge is 2.15. The molecule has 2 heterocycles. The lowest BCUT2D eigenvalue weighted by Crippen LogP contribution is -2.38. The SMILES string of the molecule is CC/C(=C(/c1ccc(NCCN2CCOCC2)cc1)c1ccc(OCCN2CCOCC2)cc1)c1ccccc1. The van der Waals surface area contributed by atoms with E-state index in [9.17, 15) is 0 Å². The Bertz CT molecular complexity index is 1110. The summed E-state index contributed by atoms with van der Waals surface area (Å²) in [5.41, 5.74) is 7.45. The molecule has 0 saturated carbocycles. The summed E-state index contributed by atoms with van der Waals surface area (Å²) in [6, 6.07) is 28.3. The molecule has 2 aliphatic heterocycles. The van der Waals surface area contributed by atoms with Crippen molar-refractivity contribution < 1.29 is 14.2 Å². The minimum absolute atomic E-state index is 0.687. The van der Waals surface area contributed by atoms with Gasteiger partial charge in [-0.1, -0.05) is 61.5 Å². The van der Waals surface area contributed by atoms with Crippen LogP contribution < -0.4 is 10.1 Å². The monoisotopic (exact) mass is 541 g/mol. The fourth-order valence-corrected chi connectivity index (χ4v) is 5.45. The molecule has 0 atom stereocenters. The maximum absolute atomic E-state index is 6.10. The molecular weight excluding hydrogens is 498 g/mol. The quantitative estimate of drug-likeness (QED) is 0.305. The van der Waals surface area contributed by atoms with Gasteiger partial charge in [0.1, 0.15) is 12.4 Å². The molecule has 2 fully saturated rings. The van der Waals surface area contributed by atoms with Crippen LogP contribution in [0.4, 0.5) is 5.69 Å². The van der Waals surface area contributed by atoms with Crippen molar-refractivity contribution in [1.82, 2.24) is 9.80 Å². The number of anilines is 1. The molecule has 0 spiro atoms. The van der Waals surface area contributed by atoms with Gasteiger partial charge in [0, 0.05) is 51.5 Å². The third-order valence-corrected chi connectivity index (χ3v) is 7.73. The largest absolute Gasteiger partial charge is 0.492 e. The van der Waals surface area contributed by atoms with Gasteiger partial charge in [0.25, 0.3) is 0 Å². The zero-order valence-corrected chi connectivity index (χ0v) is 23.8. The molecule has 0 amide bonds. The molecule has 6 nitrogen and oxygen atoms in total. The van der Waals surface area contributed by atoms with Crippen LogP contribution in [0.1, 0.15) is 30.0 Å². The fraction of sp³-hybridized carbons (Fsp3) is 0.412. The first-order chi connectivity index (χ1) is 19.8. The minimum Gasteiger partial charge on any atom is -0.492 e. The predicted molar refractivity (Wildman–Crippen MR) is 164 cm³/mol. The van der Waals surface area contributed by atoms with E-state index in [1.54, 1.807) is 0 Å². The van der Waals surface area contributed by atoms with Gasteiger partial charge in [-0.2, -0.15) is 0 Å². The van der Waals surface area contributed by atoms with Crippen molar-refractivity contribution in [2.75, 3.05) is 84.2 Å². The second-order valence-electron chi connectivity index (χ2n) is 10.4. The van der Waals surface area contributed by atoms with E-state index < -0.39 is 0 Å². The summed E-state index contributed by atoms with van der Waals surface area (Å²) in [5, 5.41) is 3.60. The van der Waals surface area contributed by atoms with E-state index >= 15 is 0 Å². The molecule has 1 N–H and O–H groups in total. The van der Waals surface area contributed by atoms with Crippen LogP contribution in [-0.2, 0) is 9.47 Å². The van der Waals surface area contributed by atoms with E-state index in [0.717, 1.165) is 90.1 Å². The number of hydrogen-bond donors (Lipinski definition) is 1. The Morgan fingerprint density at radius 3 is 1.88 bits per heavy atom. The summed E-state index contributed by atoms with van der Waals surface area (Å²) in [4.78, 5) is 4.85. The third-order valence-electron chi connectivity index (χ3n) is 7.73. The van der Waals surface area contributed by atoms with E-state index in [1.165, 1.54) is 27.8 Å². The van der Waals surface area contributed by atoms with Crippen molar-refractivity contribution >= 4 is 16.8 Å².